The van der Waals surface area contributed by atoms with Crippen molar-refractivity contribution in [2.75, 3.05) is 0 Å². The van der Waals surface area contributed by atoms with Crippen LogP contribution < -0.4 is 0 Å². The summed E-state index contributed by atoms with van der Waals surface area (Å²) in [6, 6.07) is 0.458. The monoisotopic (exact) mass is 142 g/mol. The molecule has 0 amide bonds. The molecule has 3 heteroatoms. The van der Waals surface area contributed by atoms with Crippen LogP contribution in [0.1, 0.15) is 19.9 Å². The number of rotatable bonds is 1. The highest BCUT2D eigenvalue weighted by atomic mass is 32.1. The largest absolute Gasteiger partial charge is 0.324 e. The molecule has 0 aliphatic heterocycles. The molecule has 0 fully saturated rings. The molecule has 1 aromatic rings. The molecule has 0 N–H and O–H groups in total. The van der Waals surface area contributed by atoms with Crippen LogP contribution in [0.4, 0.5) is 0 Å². The Hall–Kier alpha value is -0.440. The number of hydrogen-bond acceptors (Lipinski definition) is 2. The van der Waals surface area contributed by atoms with Gasteiger partial charge in [-0.25, -0.2) is 4.98 Å². The van der Waals surface area contributed by atoms with E-state index < -0.39 is 0 Å². The van der Waals surface area contributed by atoms with E-state index in [1.165, 1.54) is 0 Å². The number of thiol groups is 1. The Morgan fingerprint density at radius 3 is 2.56 bits per heavy atom. The molecule has 0 radical (unpaired) electrons. The third kappa shape index (κ3) is 1.27. The third-order valence-corrected chi connectivity index (χ3v) is 1.55. The first kappa shape index (κ1) is 6.68. The normalized spacial score (nSPS) is 10.7. The molecule has 0 spiro atoms. The van der Waals surface area contributed by atoms with Crippen LogP contribution in [-0.2, 0) is 0 Å². The fourth-order valence-electron chi connectivity index (χ4n) is 0.708. The Balaban J connectivity index is 2.94. The summed E-state index contributed by atoms with van der Waals surface area (Å²) in [6.07, 6.45) is 3.68. The molecule has 0 aliphatic rings. The second-order valence-electron chi connectivity index (χ2n) is 2.23. The SMILES string of the molecule is CC(C)n1ccnc1S. The standard InChI is InChI=1S/C6H10N2S/c1-5(2)8-4-3-7-6(8)9/h3-5H,1-2H3,(H,7,9). The molecule has 2 nitrogen and oxygen atoms in total. The van der Waals surface area contributed by atoms with Crippen LogP contribution >= 0.6 is 12.6 Å². The highest BCUT2D eigenvalue weighted by Gasteiger charge is 1.98. The molecule has 1 aromatic heterocycles. The van der Waals surface area contributed by atoms with Crippen LogP contribution in [0, 0.1) is 0 Å². The van der Waals surface area contributed by atoms with Crippen LogP contribution in [0.3, 0.4) is 0 Å². The maximum absolute atomic E-state index is 4.14. The minimum absolute atomic E-state index is 0.458. The van der Waals surface area contributed by atoms with E-state index in [2.05, 4.69) is 31.5 Å². The maximum Gasteiger partial charge on any atom is 0.165 e. The summed E-state index contributed by atoms with van der Waals surface area (Å²) < 4.78 is 2.00. The molecule has 0 saturated heterocycles. The first-order valence-electron chi connectivity index (χ1n) is 2.93. The van der Waals surface area contributed by atoms with Crippen molar-refractivity contribution >= 4 is 12.6 Å². The Labute approximate surface area is 60.3 Å². The van der Waals surface area contributed by atoms with Crippen molar-refractivity contribution in [2.45, 2.75) is 25.0 Å². The van der Waals surface area contributed by atoms with Crippen molar-refractivity contribution in [3.63, 3.8) is 0 Å². The van der Waals surface area contributed by atoms with E-state index in [0.717, 1.165) is 5.16 Å². The zero-order valence-electron chi connectivity index (χ0n) is 5.57. The molecule has 1 rings (SSSR count). The van der Waals surface area contributed by atoms with Gasteiger partial charge < -0.3 is 4.57 Å². The Morgan fingerprint density at radius 2 is 2.33 bits per heavy atom. The van der Waals surface area contributed by atoms with Crippen molar-refractivity contribution in [1.82, 2.24) is 9.55 Å². The molecule has 1 heterocycles. The molecule has 0 bridgehead atoms. The third-order valence-electron chi connectivity index (χ3n) is 1.20. The minimum atomic E-state index is 0.458. The summed E-state index contributed by atoms with van der Waals surface area (Å²) in [5.74, 6) is 0. The van der Waals surface area contributed by atoms with Gasteiger partial charge in [-0.1, -0.05) is 0 Å². The first-order chi connectivity index (χ1) is 4.22. The highest BCUT2D eigenvalue weighted by molar-refractivity contribution is 7.80. The minimum Gasteiger partial charge on any atom is -0.324 e. The smallest absolute Gasteiger partial charge is 0.165 e. The predicted octanol–water partition coefficient (Wildman–Crippen LogP) is 1.75. The van der Waals surface area contributed by atoms with E-state index in [-0.39, 0.29) is 0 Å². The van der Waals surface area contributed by atoms with Crippen LogP contribution in [0.2, 0.25) is 0 Å². The summed E-state index contributed by atoms with van der Waals surface area (Å²) in [7, 11) is 0. The Kier molecular flexibility index (Phi) is 1.81. The summed E-state index contributed by atoms with van der Waals surface area (Å²) in [4.78, 5) is 3.97. The summed E-state index contributed by atoms with van der Waals surface area (Å²) >= 11 is 4.14. The fraction of sp³-hybridized carbons (Fsp3) is 0.500. The lowest BCUT2D eigenvalue weighted by atomic mass is 10.4. The zero-order chi connectivity index (χ0) is 6.85. The van der Waals surface area contributed by atoms with Gasteiger partial charge in [-0.15, -0.1) is 12.6 Å². The number of aromatic nitrogens is 2. The van der Waals surface area contributed by atoms with E-state index >= 15 is 0 Å². The molecule has 50 valence electrons. The highest BCUT2D eigenvalue weighted by Crippen LogP contribution is 2.09. The molecule has 0 saturated carbocycles. The maximum atomic E-state index is 4.14. The van der Waals surface area contributed by atoms with Gasteiger partial charge in [-0.3, -0.25) is 0 Å². The van der Waals surface area contributed by atoms with Crippen LogP contribution in [0.25, 0.3) is 0 Å². The topological polar surface area (TPSA) is 17.8 Å². The lowest BCUT2D eigenvalue weighted by Gasteiger charge is -2.06. The van der Waals surface area contributed by atoms with Crippen molar-refractivity contribution in [3.8, 4) is 0 Å². The average molecular weight is 142 g/mol. The molecule has 9 heavy (non-hydrogen) atoms. The second kappa shape index (κ2) is 2.43. The first-order valence-corrected chi connectivity index (χ1v) is 3.38. The quantitative estimate of drug-likeness (QED) is 0.591. The zero-order valence-corrected chi connectivity index (χ0v) is 6.47. The van der Waals surface area contributed by atoms with Crippen molar-refractivity contribution in [1.29, 1.82) is 0 Å². The Bertz CT molecular complexity index is 193. The molecule has 0 aromatic carbocycles. The van der Waals surface area contributed by atoms with Crippen molar-refractivity contribution < 1.29 is 0 Å². The predicted molar refractivity (Wildman–Crippen MR) is 39.9 cm³/mol. The number of hydrogen-bond donors (Lipinski definition) is 1. The van der Waals surface area contributed by atoms with Gasteiger partial charge in [0.1, 0.15) is 0 Å². The molecule has 0 atom stereocenters. The van der Waals surface area contributed by atoms with Gasteiger partial charge in [0, 0.05) is 18.4 Å². The number of imidazole rings is 1. The van der Waals surface area contributed by atoms with E-state index in [0.29, 0.717) is 6.04 Å². The summed E-state index contributed by atoms with van der Waals surface area (Å²) in [5.41, 5.74) is 0. The van der Waals surface area contributed by atoms with E-state index in [9.17, 15) is 0 Å². The van der Waals surface area contributed by atoms with Crippen LogP contribution in [0.15, 0.2) is 17.6 Å². The fourth-order valence-corrected chi connectivity index (χ4v) is 1.07. The number of nitrogens with zero attached hydrogens (tertiary/aromatic N) is 2. The molecular weight excluding hydrogens is 132 g/mol. The van der Waals surface area contributed by atoms with E-state index in [1.54, 1.807) is 6.20 Å². The van der Waals surface area contributed by atoms with Crippen molar-refractivity contribution in [2.24, 2.45) is 0 Å². The molecular formula is C6H10N2S. The van der Waals surface area contributed by atoms with Gasteiger partial charge in [-0.05, 0) is 13.8 Å². The van der Waals surface area contributed by atoms with Crippen LogP contribution in [-0.4, -0.2) is 9.55 Å². The Morgan fingerprint density at radius 1 is 1.67 bits per heavy atom. The van der Waals surface area contributed by atoms with Crippen LogP contribution in [0.5, 0.6) is 0 Å². The molecule has 0 unspecified atom stereocenters. The van der Waals surface area contributed by atoms with E-state index in [4.69, 9.17) is 0 Å². The average Bonchev–Trinajstić information content (AvgIpc) is 2.13. The summed E-state index contributed by atoms with van der Waals surface area (Å²) in [5, 5.41) is 0.782. The lowest BCUT2D eigenvalue weighted by Crippen LogP contribution is -1.98. The van der Waals surface area contributed by atoms with Gasteiger partial charge in [0.2, 0.25) is 0 Å². The van der Waals surface area contributed by atoms with Crippen molar-refractivity contribution in [3.05, 3.63) is 12.4 Å². The second-order valence-corrected chi connectivity index (χ2v) is 2.63. The van der Waals surface area contributed by atoms with Gasteiger partial charge in [0.05, 0.1) is 0 Å². The molecule has 0 aliphatic carbocycles. The van der Waals surface area contributed by atoms with Gasteiger partial charge in [0.15, 0.2) is 5.16 Å². The lowest BCUT2D eigenvalue weighted by molar-refractivity contribution is 0.551. The van der Waals surface area contributed by atoms with Gasteiger partial charge in [-0.2, -0.15) is 0 Å². The van der Waals surface area contributed by atoms with Gasteiger partial charge in [0.25, 0.3) is 0 Å². The van der Waals surface area contributed by atoms with Gasteiger partial charge >= 0.3 is 0 Å². The summed E-state index contributed by atoms with van der Waals surface area (Å²) in [6.45, 7) is 4.20. The van der Waals surface area contributed by atoms with E-state index in [1.807, 2.05) is 10.8 Å².